The summed E-state index contributed by atoms with van der Waals surface area (Å²) >= 11 is 3.50. The van der Waals surface area contributed by atoms with Crippen LogP contribution in [0.4, 0.5) is 5.95 Å². The number of nitrogens with zero attached hydrogens (tertiary/aromatic N) is 4. The Labute approximate surface area is 159 Å². The van der Waals surface area contributed by atoms with Crippen LogP contribution in [0.15, 0.2) is 82.5 Å². The minimum atomic E-state index is 0.0785. The standard InChI is InChI=1S/C21H15BrN4/c22-16-10-8-15(9-11-16)19-12-20(26-21(25-19)23-13-24-26)18-7-3-5-14-4-1-2-6-17(14)18/h1-11,13,20H,12H2. The first-order valence-corrected chi connectivity index (χ1v) is 9.29. The molecular formula is C21H15BrN4. The lowest BCUT2D eigenvalue weighted by Crippen LogP contribution is -2.21. The van der Waals surface area contributed by atoms with Crippen molar-refractivity contribution >= 4 is 38.4 Å². The molecule has 5 rings (SSSR count). The van der Waals surface area contributed by atoms with E-state index in [2.05, 4.69) is 80.6 Å². The fraction of sp³-hybridized carbons (Fsp3) is 0.0952. The summed E-state index contributed by atoms with van der Waals surface area (Å²) in [6.45, 7) is 0. The highest BCUT2D eigenvalue weighted by atomic mass is 79.9. The van der Waals surface area contributed by atoms with Gasteiger partial charge < -0.3 is 0 Å². The minimum Gasteiger partial charge on any atom is -0.222 e. The molecule has 1 unspecified atom stereocenters. The average Bonchev–Trinajstić information content (AvgIpc) is 3.16. The summed E-state index contributed by atoms with van der Waals surface area (Å²) in [5.41, 5.74) is 3.41. The van der Waals surface area contributed by atoms with E-state index in [0.29, 0.717) is 5.95 Å². The molecule has 0 saturated carbocycles. The van der Waals surface area contributed by atoms with Crippen LogP contribution in [0.1, 0.15) is 23.6 Å². The topological polar surface area (TPSA) is 43.1 Å². The zero-order valence-electron chi connectivity index (χ0n) is 13.9. The maximum atomic E-state index is 4.75. The van der Waals surface area contributed by atoms with Crippen molar-refractivity contribution in [3.8, 4) is 0 Å². The van der Waals surface area contributed by atoms with E-state index < -0.39 is 0 Å². The zero-order chi connectivity index (χ0) is 17.5. The number of hydrogen-bond donors (Lipinski definition) is 0. The number of benzene rings is 3. The van der Waals surface area contributed by atoms with Crippen LogP contribution in [-0.2, 0) is 0 Å². The Kier molecular flexibility index (Phi) is 3.68. The van der Waals surface area contributed by atoms with E-state index in [-0.39, 0.29) is 6.04 Å². The maximum Gasteiger partial charge on any atom is 0.248 e. The lowest BCUT2D eigenvalue weighted by Gasteiger charge is -2.25. The molecule has 2 heterocycles. The van der Waals surface area contributed by atoms with Crippen molar-refractivity contribution in [2.75, 3.05) is 0 Å². The van der Waals surface area contributed by atoms with Crippen LogP contribution in [0.5, 0.6) is 0 Å². The van der Waals surface area contributed by atoms with E-state index in [1.54, 1.807) is 6.33 Å². The maximum absolute atomic E-state index is 4.75. The molecule has 1 aromatic heterocycles. The summed E-state index contributed by atoms with van der Waals surface area (Å²) in [5.74, 6) is 0.659. The number of aliphatic imine (C=N–C) groups is 1. The van der Waals surface area contributed by atoms with Crippen molar-refractivity contribution in [2.45, 2.75) is 12.5 Å². The Morgan fingerprint density at radius 1 is 0.923 bits per heavy atom. The van der Waals surface area contributed by atoms with Crippen molar-refractivity contribution in [2.24, 2.45) is 4.99 Å². The molecule has 5 heteroatoms. The summed E-state index contributed by atoms with van der Waals surface area (Å²) in [4.78, 5) is 9.11. The summed E-state index contributed by atoms with van der Waals surface area (Å²) in [7, 11) is 0. The van der Waals surface area contributed by atoms with Gasteiger partial charge in [0.1, 0.15) is 6.33 Å². The fourth-order valence-corrected chi connectivity index (χ4v) is 3.85. The summed E-state index contributed by atoms with van der Waals surface area (Å²) < 4.78 is 3.00. The van der Waals surface area contributed by atoms with Gasteiger partial charge in [0.25, 0.3) is 0 Å². The molecule has 126 valence electrons. The van der Waals surface area contributed by atoms with Crippen LogP contribution in [0.25, 0.3) is 10.8 Å². The number of rotatable bonds is 2. The van der Waals surface area contributed by atoms with Crippen LogP contribution < -0.4 is 0 Å². The molecule has 0 bridgehead atoms. The van der Waals surface area contributed by atoms with Crippen LogP contribution >= 0.6 is 15.9 Å². The van der Waals surface area contributed by atoms with Gasteiger partial charge in [0.2, 0.25) is 5.95 Å². The predicted octanol–water partition coefficient (Wildman–Crippen LogP) is 5.31. The molecule has 1 atom stereocenters. The molecule has 1 aliphatic heterocycles. The monoisotopic (exact) mass is 402 g/mol. The van der Waals surface area contributed by atoms with Crippen molar-refractivity contribution < 1.29 is 0 Å². The highest BCUT2D eigenvalue weighted by Crippen LogP contribution is 2.35. The Bertz CT molecular complexity index is 1120. The number of fused-ring (bicyclic) bond motifs is 2. The molecule has 4 aromatic rings. The van der Waals surface area contributed by atoms with Gasteiger partial charge in [0.15, 0.2) is 0 Å². The fourth-order valence-electron chi connectivity index (χ4n) is 3.59. The Morgan fingerprint density at radius 3 is 2.62 bits per heavy atom. The van der Waals surface area contributed by atoms with E-state index in [0.717, 1.165) is 22.2 Å². The lowest BCUT2D eigenvalue weighted by molar-refractivity contribution is 0.534. The van der Waals surface area contributed by atoms with E-state index in [9.17, 15) is 0 Å². The molecule has 1 aliphatic rings. The third kappa shape index (κ3) is 2.56. The van der Waals surface area contributed by atoms with Crippen molar-refractivity contribution in [1.29, 1.82) is 0 Å². The molecule has 3 aromatic carbocycles. The van der Waals surface area contributed by atoms with Gasteiger partial charge in [-0.05, 0) is 34.0 Å². The third-order valence-corrected chi connectivity index (χ3v) is 5.36. The number of halogens is 1. The predicted molar refractivity (Wildman–Crippen MR) is 107 cm³/mol. The SMILES string of the molecule is Brc1ccc(C2=Nc3ncnn3C(c3cccc4ccccc34)C2)cc1. The van der Waals surface area contributed by atoms with Gasteiger partial charge in [-0.25, -0.2) is 9.67 Å². The average molecular weight is 403 g/mol. The lowest BCUT2D eigenvalue weighted by atomic mass is 9.92. The number of hydrogen-bond acceptors (Lipinski definition) is 3. The molecule has 0 spiro atoms. The molecular weight excluding hydrogens is 388 g/mol. The van der Waals surface area contributed by atoms with Gasteiger partial charge in [-0.15, -0.1) is 0 Å². The Morgan fingerprint density at radius 2 is 1.73 bits per heavy atom. The normalized spacial score (nSPS) is 16.3. The molecule has 4 nitrogen and oxygen atoms in total. The van der Waals surface area contributed by atoms with Crippen LogP contribution in [0.3, 0.4) is 0 Å². The Hall–Kier alpha value is -2.79. The first-order valence-electron chi connectivity index (χ1n) is 8.50. The van der Waals surface area contributed by atoms with Gasteiger partial charge in [-0.1, -0.05) is 70.5 Å². The van der Waals surface area contributed by atoms with Crippen LogP contribution in [-0.4, -0.2) is 20.5 Å². The van der Waals surface area contributed by atoms with Gasteiger partial charge in [0.05, 0.1) is 11.8 Å². The van der Waals surface area contributed by atoms with E-state index >= 15 is 0 Å². The zero-order valence-corrected chi connectivity index (χ0v) is 15.5. The second kappa shape index (κ2) is 6.18. The highest BCUT2D eigenvalue weighted by Gasteiger charge is 2.27. The minimum absolute atomic E-state index is 0.0785. The molecule has 26 heavy (non-hydrogen) atoms. The van der Waals surface area contributed by atoms with Gasteiger partial charge >= 0.3 is 0 Å². The third-order valence-electron chi connectivity index (χ3n) is 4.83. The molecule has 0 amide bonds. The molecule has 0 aliphatic carbocycles. The van der Waals surface area contributed by atoms with Gasteiger partial charge in [-0.2, -0.15) is 10.1 Å². The first-order chi connectivity index (χ1) is 12.8. The molecule has 0 N–H and O–H groups in total. The van der Waals surface area contributed by atoms with Crippen molar-refractivity contribution in [3.63, 3.8) is 0 Å². The first kappa shape index (κ1) is 15.5. The van der Waals surface area contributed by atoms with Crippen molar-refractivity contribution in [1.82, 2.24) is 14.8 Å². The van der Waals surface area contributed by atoms with E-state index in [1.807, 2.05) is 16.8 Å². The second-order valence-electron chi connectivity index (χ2n) is 6.36. The van der Waals surface area contributed by atoms with Crippen molar-refractivity contribution in [3.05, 3.63) is 88.7 Å². The van der Waals surface area contributed by atoms with E-state index in [1.165, 1.54) is 16.3 Å². The Balaban J connectivity index is 1.66. The van der Waals surface area contributed by atoms with Gasteiger partial charge in [0, 0.05) is 10.9 Å². The smallest absolute Gasteiger partial charge is 0.222 e. The second-order valence-corrected chi connectivity index (χ2v) is 7.27. The summed E-state index contributed by atoms with van der Waals surface area (Å²) in [6, 6.07) is 23.3. The van der Waals surface area contributed by atoms with Crippen LogP contribution in [0, 0.1) is 0 Å². The summed E-state index contributed by atoms with van der Waals surface area (Å²) in [5, 5.41) is 6.94. The largest absolute Gasteiger partial charge is 0.248 e. The molecule has 0 fully saturated rings. The van der Waals surface area contributed by atoms with E-state index in [4.69, 9.17) is 4.99 Å². The molecule has 0 saturated heterocycles. The highest BCUT2D eigenvalue weighted by molar-refractivity contribution is 9.10. The quantitative estimate of drug-likeness (QED) is 0.455. The summed E-state index contributed by atoms with van der Waals surface area (Å²) in [6.07, 6.45) is 2.37. The molecule has 0 radical (unpaired) electrons. The van der Waals surface area contributed by atoms with Gasteiger partial charge in [-0.3, -0.25) is 0 Å². The van der Waals surface area contributed by atoms with Crippen LogP contribution in [0.2, 0.25) is 0 Å². The number of aromatic nitrogens is 3.